The Bertz CT molecular complexity index is 369. The Hall–Kier alpha value is -1.06. The predicted molar refractivity (Wildman–Crippen MR) is 62.6 cm³/mol. The average Bonchev–Trinajstić information content (AvgIpc) is 2.30. The number of aliphatic carboxylic acids is 1. The molecule has 0 radical (unpaired) electrons. The second-order valence-corrected chi connectivity index (χ2v) is 4.56. The highest BCUT2D eigenvalue weighted by atomic mass is 35.5. The number of piperidine rings is 1. The van der Waals surface area contributed by atoms with E-state index in [0.717, 1.165) is 17.9 Å². The Balaban J connectivity index is 1.99. The van der Waals surface area contributed by atoms with Gasteiger partial charge in [0.2, 0.25) is 0 Å². The molecule has 1 aliphatic rings. The maximum absolute atomic E-state index is 10.8. The molecule has 3 nitrogen and oxygen atoms in total. The molecule has 0 aliphatic carbocycles. The van der Waals surface area contributed by atoms with E-state index >= 15 is 0 Å². The third-order valence-electron chi connectivity index (χ3n) is 3.04. The molecule has 86 valence electrons. The average molecular weight is 240 g/mol. The first-order valence-electron chi connectivity index (χ1n) is 5.38. The van der Waals surface area contributed by atoms with E-state index in [4.69, 9.17) is 16.7 Å². The number of carbonyl (C=O) groups is 1. The van der Waals surface area contributed by atoms with Crippen molar-refractivity contribution in [1.29, 1.82) is 0 Å². The fourth-order valence-corrected chi connectivity index (χ4v) is 2.17. The van der Waals surface area contributed by atoms with Crippen LogP contribution in [0.15, 0.2) is 24.3 Å². The largest absolute Gasteiger partial charge is 0.481 e. The van der Waals surface area contributed by atoms with Crippen molar-refractivity contribution in [3.05, 3.63) is 34.9 Å². The van der Waals surface area contributed by atoms with Gasteiger partial charge in [0.25, 0.3) is 0 Å². The lowest BCUT2D eigenvalue weighted by atomic mass is 9.91. The van der Waals surface area contributed by atoms with Crippen molar-refractivity contribution >= 4 is 17.6 Å². The zero-order valence-electron chi connectivity index (χ0n) is 8.82. The van der Waals surface area contributed by atoms with Crippen LogP contribution in [0.2, 0.25) is 5.02 Å². The molecule has 1 heterocycles. The summed E-state index contributed by atoms with van der Waals surface area (Å²) in [5.74, 6) is -0.953. The van der Waals surface area contributed by atoms with Crippen LogP contribution in [0.1, 0.15) is 24.4 Å². The van der Waals surface area contributed by atoms with Crippen molar-refractivity contribution in [2.75, 3.05) is 6.54 Å². The van der Waals surface area contributed by atoms with Gasteiger partial charge < -0.3 is 10.4 Å². The molecule has 2 rings (SSSR count). The molecule has 0 saturated carbocycles. The van der Waals surface area contributed by atoms with Crippen LogP contribution in [-0.2, 0) is 4.79 Å². The van der Waals surface area contributed by atoms with Gasteiger partial charge in [-0.2, -0.15) is 0 Å². The van der Waals surface area contributed by atoms with E-state index < -0.39 is 5.97 Å². The summed E-state index contributed by atoms with van der Waals surface area (Å²) in [6.45, 7) is 0.544. The fourth-order valence-electron chi connectivity index (χ4n) is 2.05. The number of carboxylic acids is 1. The first-order valence-corrected chi connectivity index (χ1v) is 5.76. The highest BCUT2D eigenvalue weighted by Gasteiger charge is 2.25. The second kappa shape index (κ2) is 4.85. The molecule has 2 atom stereocenters. The molecule has 0 spiro atoms. The summed E-state index contributed by atoms with van der Waals surface area (Å²) in [6, 6.07) is 7.96. The molecule has 1 aromatic rings. The van der Waals surface area contributed by atoms with Crippen molar-refractivity contribution < 1.29 is 9.90 Å². The van der Waals surface area contributed by atoms with E-state index in [9.17, 15) is 4.79 Å². The molecule has 0 amide bonds. The van der Waals surface area contributed by atoms with Crippen molar-refractivity contribution in [3.8, 4) is 0 Å². The van der Waals surface area contributed by atoms with E-state index in [1.54, 1.807) is 0 Å². The lowest BCUT2D eigenvalue weighted by molar-refractivity contribution is -0.142. The molecule has 0 bridgehead atoms. The van der Waals surface area contributed by atoms with Crippen LogP contribution < -0.4 is 5.32 Å². The second-order valence-electron chi connectivity index (χ2n) is 4.12. The molecule has 16 heavy (non-hydrogen) atoms. The van der Waals surface area contributed by atoms with Crippen molar-refractivity contribution in [2.45, 2.75) is 18.9 Å². The SMILES string of the molecule is O=C(O)C1CCC(c2ccc(Cl)cc2)NC1. The van der Waals surface area contributed by atoms with Gasteiger partial charge in [0.05, 0.1) is 5.92 Å². The Labute approximate surface area is 99.4 Å². The van der Waals surface area contributed by atoms with Gasteiger partial charge in [-0.3, -0.25) is 4.79 Å². The third-order valence-corrected chi connectivity index (χ3v) is 3.29. The molecule has 1 aromatic carbocycles. The summed E-state index contributed by atoms with van der Waals surface area (Å²) < 4.78 is 0. The Kier molecular flexibility index (Phi) is 3.46. The summed E-state index contributed by atoms with van der Waals surface area (Å²) in [7, 11) is 0. The zero-order chi connectivity index (χ0) is 11.5. The van der Waals surface area contributed by atoms with E-state index in [1.807, 2.05) is 24.3 Å². The van der Waals surface area contributed by atoms with Gasteiger partial charge in [0, 0.05) is 17.6 Å². The minimum atomic E-state index is -0.706. The molecule has 1 saturated heterocycles. The lowest BCUT2D eigenvalue weighted by Crippen LogP contribution is -2.36. The highest BCUT2D eigenvalue weighted by molar-refractivity contribution is 6.30. The first kappa shape index (κ1) is 11.4. The summed E-state index contributed by atoms with van der Waals surface area (Å²) in [5.41, 5.74) is 1.17. The third kappa shape index (κ3) is 2.54. The van der Waals surface area contributed by atoms with Crippen LogP contribution in [0, 0.1) is 5.92 Å². The minimum Gasteiger partial charge on any atom is -0.481 e. The van der Waals surface area contributed by atoms with E-state index in [1.165, 1.54) is 5.56 Å². The van der Waals surface area contributed by atoms with Crippen molar-refractivity contribution in [3.63, 3.8) is 0 Å². The molecule has 4 heteroatoms. The molecule has 0 aromatic heterocycles. The van der Waals surface area contributed by atoms with E-state index in [2.05, 4.69) is 5.32 Å². The van der Waals surface area contributed by atoms with Crippen LogP contribution in [0.25, 0.3) is 0 Å². The number of hydrogen-bond acceptors (Lipinski definition) is 2. The van der Waals surface area contributed by atoms with Crippen LogP contribution in [-0.4, -0.2) is 17.6 Å². The van der Waals surface area contributed by atoms with Gasteiger partial charge in [-0.05, 0) is 30.5 Å². The summed E-state index contributed by atoms with van der Waals surface area (Å²) in [6.07, 6.45) is 1.59. The predicted octanol–water partition coefficient (Wildman–Crippen LogP) is 2.47. The number of carboxylic acid groups (broad SMARTS) is 1. The Morgan fingerprint density at radius 3 is 2.50 bits per heavy atom. The summed E-state index contributed by atoms with van der Waals surface area (Å²) >= 11 is 5.82. The summed E-state index contributed by atoms with van der Waals surface area (Å²) in [5, 5.41) is 12.9. The zero-order valence-corrected chi connectivity index (χ0v) is 9.57. The molecule has 1 aliphatic heterocycles. The Morgan fingerprint density at radius 1 is 1.31 bits per heavy atom. The van der Waals surface area contributed by atoms with Gasteiger partial charge >= 0.3 is 5.97 Å². The highest BCUT2D eigenvalue weighted by Crippen LogP contribution is 2.26. The number of halogens is 1. The van der Waals surface area contributed by atoms with Gasteiger partial charge in [-0.15, -0.1) is 0 Å². The number of hydrogen-bond donors (Lipinski definition) is 2. The van der Waals surface area contributed by atoms with Gasteiger partial charge in [0.1, 0.15) is 0 Å². The smallest absolute Gasteiger partial charge is 0.307 e. The van der Waals surface area contributed by atoms with Crippen LogP contribution in [0.5, 0.6) is 0 Å². The van der Waals surface area contributed by atoms with E-state index in [-0.39, 0.29) is 12.0 Å². The quantitative estimate of drug-likeness (QED) is 0.834. The number of benzene rings is 1. The molecule has 2 N–H and O–H groups in total. The molecular formula is C12H14ClNO2. The minimum absolute atomic E-state index is 0.247. The van der Waals surface area contributed by atoms with Gasteiger partial charge in [0.15, 0.2) is 0 Å². The monoisotopic (exact) mass is 239 g/mol. The maximum atomic E-state index is 10.8. The summed E-state index contributed by atoms with van der Waals surface area (Å²) in [4.78, 5) is 10.8. The van der Waals surface area contributed by atoms with Gasteiger partial charge in [-0.25, -0.2) is 0 Å². The number of nitrogens with one attached hydrogen (secondary N) is 1. The first-order chi connectivity index (χ1) is 7.66. The van der Waals surface area contributed by atoms with Crippen molar-refractivity contribution in [2.24, 2.45) is 5.92 Å². The number of rotatable bonds is 2. The standard InChI is InChI=1S/C12H14ClNO2/c13-10-4-1-8(2-5-10)11-6-3-9(7-14-11)12(15)16/h1-2,4-5,9,11,14H,3,6-7H2,(H,15,16). The normalized spacial score (nSPS) is 25.3. The van der Waals surface area contributed by atoms with E-state index in [0.29, 0.717) is 6.54 Å². The Morgan fingerprint density at radius 2 is 2.00 bits per heavy atom. The fraction of sp³-hybridized carbons (Fsp3) is 0.417. The van der Waals surface area contributed by atoms with Crippen LogP contribution in [0.3, 0.4) is 0 Å². The molecular weight excluding hydrogens is 226 g/mol. The van der Waals surface area contributed by atoms with Crippen LogP contribution in [0.4, 0.5) is 0 Å². The van der Waals surface area contributed by atoms with Gasteiger partial charge in [-0.1, -0.05) is 23.7 Å². The molecule has 1 fully saturated rings. The van der Waals surface area contributed by atoms with Crippen LogP contribution >= 0.6 is 11.6 Å². The topological polar surface area (TPSA) is 49.3 Å². The lowest BCUT2D eigenvalue weighted by Gasteiger charge is -2.28. The molecule has 2 unspecified atom stereocenters. The maximum Gasteiger partial charge on any atom is 0.307 e. The van der Waals surface area contributed by atoms with Crippen molar-refractivity contribution in [1.82, 2.24) is 5.32 Å².